The zero-order valence-corrected chi connectivity index (χ0v) is 23.0. The monoisotopic (exact) mass is 524 g/mol. The van der Waals surface area contributed by atoms with Crippen LogP contribution in [0.4, 0.5) is 0 Å². The van der Waals surface area contributed by atoms with Crippen LogP contribution in [-0.2, 0) is 4.79 Å². The van der Waals surface area contributed by atoms with E-state index in [-0.39, 0.29) is 12.2 Å². The number of rotatable bonds is 18. The molecule has 4 heteroatoms. The predicted octanol–water partition coefficient (Wildman–Crippen LogP) is 8.36. The van der Waals surface area contributed by atoms with Crippen molar-refractivity contribution in [2.45, 2.75) is 71.1 Å². The van der Waals surface area contributed by atoms with Gasteiger partial charge in [-0.1, -0.05) is 149 Å². The fourth-order valence-electron chi connectivity index (χ4n) is 5.02. The fraction of sp³-hybridized carbons (Fsp3) is 0.371. The molecule has 0 aromatic heterocycles. The third-order valence-corrected chi connectivity index (χ3v) is 7.23. The van der Waals surface area contributed by atoms with Crippen LogP contribution in [0.2, 0.25) is 0 Å². The van der Waals surface area contributed by atoms with Crippen LogP contribution in [0.3, 0.4) is 0 Å². The van der Waals surface area contributed by atoms with Gasteiger partial charge in [0.1, 0.15) is 11.7 Å². The Morgan fingerprint density at radius 1 is 0.462 bits per heavy atom. The normalized spacial score (nSPS) is 11.7. The maximum absolute atomic E-state index is 13.8. The molecule has 0 aliphatic heterocycles. The first-order chi connectivity index (χ1) is 19.0. The Balaban J connectivity index is 1.85. The molecule has 0 N–H and O–H groups in total. The molecule has 0 bridgehead atoms. The van der Waals surface area contributed by atoms with E-state index in [0.29, 0.717) is 23.1 Å². The first kappa shape index (κ1) is 29.9. The second kappa shape index (κ2) is 16.3. The average molecular weight is 525 g/mol. The highest BCUT2D eigenvalue weighted by Crippen LogP contribution is 2.29. The van der Waals surface area contributed by atoms with Crippen molar-refractivity contribution in [1.82, 2.24) is 0 Å². The van der Waals surface area contributed by atoms with E-state index < -0.39 is 29.2 Å². The second-order valence-electron chi connectivity index (χ2n) is 10.2. The van der Waals surface area contributed by atoms with E-state index in [1.54, 1.807) is 91.0 Å². The molecule has 0 radical (unpaired) electrons. The molecule has 4 nitrogen and oxygen atoms in total. The zero-order valence-electron chi connectivity index (χ0n) is 23.0. The number of carbonyl (C=O) groups is 4. The van der Waals surface area contributed by atoms with Gasteiger partial charge >= 0.3 is 0 Å². The lowest BCUT2D eigenvalue weighted by Crippen LogP contribution is -2.41. The van der Waals surface area contributed by atoms with Crippen molar-refractivity contribution in [1.29, 1.82) is 0 Å². The van der Waals surface area contributed by atoms with Gasteiger partial charge in [0.25, 0.3) is 0 Å². The van der Waals surface area contributed by atoms with Gasteiger partial charge in [-0.15, -0.1) is 0 Å². The smallest absolute Gasteiger partial charge is 0.174 e. The van der Waals surface area contributed by atoms with Crippen LogP contribution in [0.15, 0.2) is 91.0 Å². The molecule has 0 aliphatic rings. The largest absolute Gasteiger partial charge is 0.299 e. The van der Waals surface area contributed by atoms with Gasteiger partial charge in [0.2, 0.25) is 0 Å². The van der Waals surface area contributed by atoms with E-state index >= 15 is 0 Å². The lowest BCUT2D eigenvalue weighted by atomic mass is 9.74. The standard InChI is InChI=1S/C35H40O4/c1-2-3-4-5-6-7-8-9-19-26-30(36)31(33(37)27-20-13-10-14-21-27)32(34(38)28-22-15-11-16-23-28)35(39)29-24-17-12-18-25-29/h10-18,20-25,31-32H,2-9,19,26H2,1H3. The van der Waals surface area contributed by atoms with E-state index in [0.717, 1.165) is 19.3 Å². The van der Waals surface area contributed by atoms with Crippen molar-refractivity contribution < 1.29 is 19.2 Å². The van der Waals surface area contributed by atoms with Crippen LogP contribution in [0.25, 0.3) is 0 Å². The Kier molecular flexibility index (Phi) is 12.5. The minimum Gasteiger partial charge on any atom is -0.299 e. The summed E-state index contributed by atoms with van der Waals surface area (Å²) >= 11 is 0. The molecule has 0 saturated heterocycles. The minimum absolute atomic E-state index is 0.166. The van der Waals surface area contributed by atoms with Crippen LogP contribution in [-0.4, -0.2) is 23.1 Å². The van der Waals surface area contributed by atoms with Crippen molar-refractivity contribution in [3.05, 3.63) is 108 Å². The molecule has 204 valence electrons. The molecule has 39 heavy (non-hydrogen) atoms. The number of hydrogen-bond donors (Lipinski definition) is 0. The number of carbonyl (C=O) groups excluding carboxylic acids is 4. The number of ketones is 4. The topological polar surface area (TPSA) is 68.3 Å². The molecule has 3 aromatic rings. The Bertz CT molecular complexity index is 1130. The van der Waals surface area contributed by atoms with Gasteiger partial charge in [-0.3, -0.25) is 19.2 Å². The Hall–Kier alpha value is -3.66. The maximum atomic E-state index is 13.8. The number of benzene rings is 3. The van der Waals surface area contributed by atoms with Crippen LogP contribution in [0.1, 0.15) is 102 Å². The fourth-order valence-corrected chi connectivity index (χ4v) is 5.02. The van der Waals surface area contributed by atoms with Gasteiger partial charge in [0, 0.05) is 23.1 Å². The quantitative estimate of drug-likeness (QED) is 0.0952. The van der Waals surface area contributed by atoms with Crippen molar-refractivity contribution >= 4 is 23.1 Å². The van der Waals surface area contributed by atoms with Crippen molar-refractivity contribution in [2.24, 2.45) is 11.8 Å². The van der Waals surface area contributed by atoms with Gasteiger partial charge < -0.3 is 0 Å². The van der Waals surface area contributed by atoms with Crippen molar-refractivity contribution in [3.63, 3.8) is 0 Å². The van der Waals surface area contributed by atoms with Gasteiger partial charge in [-0.2, -0.15) is 0 Å². The Morgan fingerprint density at radius 2 is 0.795 bits per heavy atom. The molecular formula is C35H40O4. The highest BCUT2D eigenvalue weighted by molar-refractivity contribution is 6.24. The zero-order chi connectivity index (χ0) is 27.9. The van der Waals surface area contributed by atoms with Crippen LogP contribution >= 0.6 is 0 Å². The first-order valence-electron chi connectivity index (χ1n) is 14.3. The van der Waals surface area contributed by atoms with E-state index in [1.807, 2.05) is 0 Å². The average Bonchev–Trinajstić information content (AvgIpc) is 2.99. The predicted molar refractivity (Wildman–Crippen MR) is 156 cm³/mol. The van der Waals surface area contributed by atoms with Crippen molar-refractivity contribution in [2.75, 3.05) is 0 Å². The minimum atomic E-state index is -1.42. The molecular weight excluding hydrogens is 484 g/mol. The Morgan fingerprint density at radius 3 is 1.18 bits per heavy atom. The van der Waals surface area contributed by atoms with Gasteiger partial charge in [-0.25, -0.2) is 0 Å². The van der Waals surface area contributed by atoms with Crippen LogP contribution in [0.5, 0.6) is 0 Å². The highest BCUT2D eigenvalue weighted by atomic mass is 16.2. The molecule has 1 atom stereocenters. The summed E-state index contributed by atoms with van der Waals surface area (Å²) in [5.74, 6) is -4.62. The third-order valence-electron chi connectivity index (χ3n) is 7.23. The molecule has 1 unspecified atom stereocenters. The van der Waals surface area contributed by atoms with E-state index in [4.69, 9.17) is 0 Å². The molecule has 3 aromatic carbocycles. The number of hydrogen-bond acceptors (Lipinski definition) is 4. The van der Waals surface area contributed by atoms with E-state index in [9.17, 15) is 19.2 Å². The van der Waals surface area contributed by atoms with Gasteiger partial charge in [-0.05, 0) is 6.42 Å². The summed E-state index contributed by atoms with van der Waals surface area (Å²) in [5, 5.41) is 0. The Labute approximate surface area is 232 Å². The number of unbranched alkanes of at least 4 members (excludes halogenated alkanes) is 8. The van der Waals surface area contributed by atoms with Gasteiger partial charge in [0.05, 0.1) is 5.92 Å². The third kappa shape index (κ3) is 8.95. The second-order valence-corrected chi connectivity index (χ2v) is 10.2. The lowest BCUT2D eigenvalue weighted by molar-refractivity contribution is -0.122. The van der Waals surface area contributed by atoms with Crippen molar-refractivity contribution in [3.8, 4) is 0 Å². The maximum Gasteiger partial charge on any atom is 0.174 e. The van der Waals surface area contributed by atoms with E-state index in [2.05, 4.69) is 6.92 Å². The molecule has 0 saturated carbocycles. The molecule has 0 heterocycles. The van der Waals surface area contributed by atoms with Crippen LogP contribution in [0, 0.1) is 11.8 Å². The SMILES string of the molecule is CCCCCCCCCCCC(=O)C(C(=O)c1ccccc1)C(C(=O)c1ccccc1)C(=O)c1ccccc1. The highest BCUT2D eigenvalue weighted by Gasteiger charge is 2.43. The molecule has 0 spiro atoms. The summed E-state index contributed by atoms with van der Waals surface area (Å²) in [6.07, 6.45) is 10.1. The summed E-state index contributed by atoms with van der Waals surface area (Å²) < 4.78 is 0. The molecule has 0 fully saturated rings. The summed E-state index contributed by atoms with van der Waals surface area (Å²) in [5.41, 5.74) is 0.955. The van der Waals surface area contributed by atoms with E-state index in [1.165, 1.54) is 32.1 Å². The van der Waals surface area contributed by atoms with Gasteiger partial charge in [0.15, 0.2) is 17.3 Å². The molecule has 3 rings (SSSR count). The molecule has 0 amide bonds. The number of Topliss-reactive ketones (excluding diaryl/α,β-unsaturated/α-hetero) is 4. The van der Waals surface area contributed by atoms with Crippen LogP contribution < -0.4 is 0 Å². The summed E-state index contributed by atoms with van der Waals surface area (Å²) in [6, 6.07) is 25.5. The first-order valence-corrected chi connectivity index (χ1v) is 14.3. The summed E-state index contributed by atoms with van der Waals surface area (Å²) in [6.45, 7) is 2.21. The summed E-state index contributed by atoms with van der Waals surface area (Å²) in [7, 11) is 0. The molecule has 0 aliphatic carbocycles. The lowest BCUT2D eigenvalue weighted by Gasteiger charge is -2.24. The summed E-state index contributed by atoms with van der Waals surface area (Å²) in [4.78, 5) is 55.3.